The van der Waals surface area contributed by atoms with Crippen molar-refractivity contribution in [2.45, 2.75) is 0 Å². The topological polar surface area (TPSA) is 38.3 Å². The van der Waals surface area contributed by atoms with Crippen molar-refractivity contribution in [3.63, 3.8) is 0 Å². The summed E-state index contributed by atoms with van der Waals surface area (Å²) in [6.07, 6.45) is 1.59. The fourth-order valence-electron chi connectivity index (χ4n) is 2.19. The summed E-state index contributed by atoms with van der Waals surface area (Å²) < 4.78 is 5.29. The molecule has 21 heavy (non-hydrogen) atoms. The molecule has 0 aliphatic heterocycles. The summed E-state index contributed by atoms with van der Waals surface area (Å²) in [5.74, 6) is 1.66. The van der Waals surface area contributed by atoms with E-state index >= 15 is 0 Å². The smallest absolute Gasteiger partial charge is 0.144 e. The molecule has 0 N–H and O–H groups in total. The van der Waals surface area contributed by atoms with Gasteiger partial charge in [-0.3, -0.25) is 0 Å². The van der Waals surface area contributed by atoms with E-state index in [0.717, 1.165) is 28.2 Å². The van der Waals surface area contributed by atoms with Gasteiger partial charge in [0.05, 0.1) is 12.6 Å². The molecule has 0 aliphatic carbocycles. The Bertz CT molecular complexity index is 734. The summed E-state index contributed by atoms with van der Waals surface area (Å²) in [6, 6.07) is 15.9. The highest BCUT2D eigenvalue weighted by atomic mass is 35.5. The molecule has 0 saturated carbocycles. The van der Waals surface area contributed by atoms with Crippen molar-refractivity contribution in [3.8, 4) is 5.75 Å². The second kappa shape index (κ2) is 6.41. The highest BCUT2D eigenvalue weighted by molar-refractivity contribution is 5.92. The molecule has 0 bridgehead atoms. The van der Waals surface area contributed by atoms with E-state index in [-0.39, 0.29) is 12.4 Å². The Morgan fingerprint density at radius 3 is 2.48 bits per heavy atom. The second-order valence-electron chi connectivity index (χ2n) is 4.47. The van der Waals surface area contributed by atoms with Gasteiger partial charge in [-0.1, -0.05) is 18.2 Å². The Balaban J connectivity index is 0.00000161. The average Bonchev–Trinajstić information content (AvgIpc) is 2.54. The lowest BCUT2D eigenvalue weighted by Crippen LogP contribution is -2.11. The van der Waals surface area contributed by atoms with Crippen LogP contribution < -0.4 is 9.64 Å². The van der Waals surface area contributed by atoms with E-state index in [1.165, 1.54) is 0 Å². The highest BCUT2D eigenvalue weighted by Gasteiger charge is 2.10. The second-order valence-corrected chi connectivity index (χ2v) is 4.47. The van der Waals surface area contributed by atoms with Gasteiger partial charge in [0.25, 0.3) is 0 Å². The van der Waals surface area contributed by atoms with Gasteiger partial charge >= 0.3 is 0 Å². The molecule has 0 aliphatic rings. The van der Waals surface area contributed by atoms with Crippen LogP contribution in [-0.4, -0.2) is 24.1 Å². The summed E-state index contributed by atoms with van der Waals surface area (Å²) in [5.41, 5.74) is 1.98. The molecule has 4 nitrogen and oxygen atoms in total. The molecule has 3 rings (SSSR count). The number of halogens is 1. The summed E-state index contributed by atoms with van der Waals surface area (Å²) in [5, 5.41) is 0.971. The predicted octanol–water partition coefficient (Wildman–Crippen LogP) is 3.83. The van der Waals surface area contributed by atoms with Crippen LogP contribution in [0.2, 0.25) is 0 Å². The molecule has 3 aromatic rings. The summed E-state index contributed by atoms with van der Waals surface area (Å²) >= 11 is 0. The minimum atomic E-state index is 0. The predicted molar refractivity (Wildman–Crippen MR) is 87.8 cm³/mol. The van der Waals surface area contributed by atoms with Gasteiger partial charge in [-0.25, -0.2) is 9.97 Å². The summed E-state index contributed by atoms with van der Waals surface area (Å²) in [7, 11) is 3.65. The molecule has 0 fully saturated rings. The van der Waals surface area contributed by atoms with Crippen molar-refractivity contribution in [2.75, 3.05) is 19.1 Å². The average molecular weight is 302 g/mol. The number of aromatic nitrogens is 2. The van der Waals surface area contributed by atoms with Gasteiger partial charge in [-0.15, -0.1) is 12.4 Å². The van der Waals surface area contributed by atoms with E-state index in [0.29, 0.717) is 0 Å². The molecule has 0 radical (unpaired) electrons. The lowest BCUT2D eigenvalue weighted by atomic mass is 10.2. The number of para-hydroxylation sites is 1. The molecule has 0 saturated heterocycles. The highest BCUT2D eigenvalue weighted by Crippen LogP contribution is 2.30. The number of nitrogens with zero attached hydrogens (tertiary/aromatic N) is 3. The lowest BCUT2D eigenvalue weighted by molar-refractivity contribution is 0.415. The van der Waals surface area contributed by atoms with Gasteiger partial charge in [-0.2, -0.15) is 0 Å². The quantitative estimate of drug-likeness (QED) is 0.737. The molecular formula is C16H16ClN3O. The summed E-state index contributed by atoms with van der Waals surface area (Å²) in [6.45, 7) is 0. The minimum Gasteiger partial charge on any atom is -0.497 e. The van der Waals surface area contributed by atoms with Crippen molar-refractivity contribution in [3.05, 3.63) is 54.9 Å². The van der Waals surface area contributed by atoms with Gasteiger partial charge < -0.3 is 9.64 Å². The molecule has 0 unspecified atom stereocenters. The number of hydrogen-bond acceptors (Lipinski definition) is 4. The van der Waals surface area contributed by atoms with E-state index in [9.17, 15) is 0 Å². The van der Waals surface area contributed by atoms with Gasteiger partial charge in [0.1, 0.15) is 17.9 Å². The Morgan fingerprint density at radius 1 is 1.00 bits per heavy atom. The monoisotopic (exact) mass is 301 g/mol. The number of benzene rings is 2. The number of anilines is 2. The van der Waals surface area contributed by atoms with E-state index in [1.54, 1.807) is 13.4 Å². The van der Waals surface area contributed by atoms with Crippen molar-refractivity contribution in [1.82, 2.24) is 9.97 Å². The van der Waals surface area contributed by atoms with Gasteiger partial charge in [0.15, 0.2) is 0 Å². The van der Waals surface area contributed by atoms with Crippen LogP contribution in [0.1, 0.15) is 0 Å². The first-order valence-corrected chi connectivity index (χ1v) is 6.37. The van der Waals surface area contributed by atoms with Crippen molar-refractivity contribution < 1.29 is 4.74 Å². The molecule has 0 spiro atoms. The zero-order valence-electron chi connectivity index (χ0n) is 11.9. The first-order chi connectivity index (χ1) is 9.79. The van der Waals surface area contributed by atoms with Crippen molar-refractivity contribution >= 4 is 34.8 Å². The van der Waals surface area contributed by atoms with Crippen LogP contribution in [0.5, 0.6) is 5.75 Å². The van der Waals surface area contributed by atoms with Crippen LogP contribution in [0, 0.1) is 0 Å². The van der Waals surface area contributed by atoms with Crippen LogP contribution >= 0.6 is 12.4 Å². The first-order valence-electron chi connectivity index (χ1n) is 6.37. The maximum Gasteiger partial charge on any atom is 0.144 e. The van der Waals surface area contributed by atoms with Crippen LogP contribution in [0.25, 0.3) is 10.9 Å². The zero-order valence-corrected chi connectivity index (χ0v) is 12.7. The van der Waals surface area contributed by atoms with E-state index in [1.807, 2.05) is 60.5 Å². The first kappa shape index (κ1) is 15.1. The molecular weight excluding hydrogens is 286 g/mol. The number of hydrogen-bond donors (Lipinski definition) is 0. The van der Waals surface area contributed by atoms with Crippen LogP contribution in [0.15, 0.2) is 54.9 Å². The van der Waals surface area contributed by atoms with Crippen LogP contribution in [0.4, 0.5) is 11.5 Å². The Kier molecular flexibility index (Phi) is 4.60. The third-order valence-corrected chi connectivity index (χ3v) is 3.28. The van der Waals surface area contributed by atoms with E-state index in [2.05, 4.69) is 9.97 Å². The maximum absolute atomic E-state index is 5.29. The minimum absolute atomic E-state index is 0. The van der Waals surface area contributed by atoms with Gasteiger partial charge in [-0.05, 0) is 30.3 Å². The van der Waals surface area contributed by atoms with Crippen LogP contribution in [0.3, 0.4) is 0 Å². The van der Waals surface area contributed by atoms with Crippen molar-refractivity contribution in [2.24, 2.45) is 0 Å². The molecule has 0 atom stereocenters. The largest absolute Gasteiger partial charge is 0.497 e. The zero-order chi connectivity index (χ0) is 13.9. The number of methoxy groups -OCH3 is 1. The fourth-order valence-corrected chi connectivity index (χ4v) is 2.19. The third kappa shape index (κ3) is 2.90. The third-order valence-electron chi connectivity index (χ3n) is 3.28. The van der Waals surface area contributed by atoms with Crippen LogP contribution in [-0.2, 0) is 0 Å². The van der Waals surface area contributed by atoms with Gasteiger partial charge in [0.2, 0.25) is 0 Å². The SMILES string of the molecule is COc1ccc2ncnc(N(C)c3ccccc3)c2c1.Cl. The fraction of sp³-hybridized carbons (Fsp3) is 0.125. The van der Waals surface area contributed by atoms with Crippen molar-refractivity contribution in [1.29, 1.82) is 0 Å². The van der Waals surface area contributed by atoms with Gasteiger partial charge in [0, 0.05) is 18.1 Å². The maximum atomic E-state index is 5.29. The standard InChI is InChI=1S/C16H15N3O.ClH/c1-19(12-6-4-3-5-7-12)16-14-10-13(20-2)8-9-15(14)17-11-18-16;/h3-11H,1-2H3;1H. The molecule has 0 amide bonds. The van der Waals surface area contributed by atoms with E-state index in [4.69, 9.17) is 4.74 Å². The molecule has 2 aromatic carbocycles. The molecule has 108 valence electrons. The number of ether oxygens (including phenoxy) is 1. The number of fused-ring (bicyclic) bond motifs is 1. The Hall–Kier alpha value is -2.33. The summed E-state index contributed by atoms with van der Waals surface area (Å²) in [4.78, 5) is 10.8. The lowest BCUT2D eigenvalue weighted by Gasteiger charge is -2.19. The molecule has 1 heterocycles. The molecule has 5 heteroatoms. The molecule has 1 aromatic heterocycles. The van der Waals surface area contributed by atoms with E-state index < -0.39 is 0 Å². The Labute approximate surface area is 129 Å². The Morgan fingerprint density at radius 2 is 1.76 bits per heavy atom. The number of rotatable bonds is 3. The normalized spacial score (nSPS) is 10.0.